The van der Waals surface area contributed by atoms with E-state index in [-0.39, 0.29) is 11.1 Å². The van der Waals surface area contributed by atoms with E-state index in [1.54, 1.807) is 5.32 Å². The smallest absolute Gasteiger partial charge is 0.345 e. The molecule has 1 aromatic carbocycles. The fraction of sp³-hybridized carbons (Fsp3) is 0.385. The SMILES string of the molecule is Cc1cccc(C(=O)N(C)CC(=O)NCC(F)(F)F)c1F. The molecule has 1 aromatic rings. The number of likely N-dealkylation sites (N-methyl/N-ethyl adjacent to an activating group) is 1. The lowest BCUT2D eigenvalue weighted by atomic mass is 10.1. The molecule has 0 unspecified atom stereocenters. The number of hydrogen-bond acceptors (Lipinski definition) is 2. The zero-order valence-corrected chi connectivity index (χ0v) is 11.4. The molecule has 116 valence electrons. The quantitative estimate of drug-likeness (QED) is 0.864. The van der Waals surface area contributed by atoms with Gasteiger partial charge in [-0.15, -0.1) is 0 Å². The Kier molecular flexibility index (Phi) is 5.28. The lowest BCUT2D eigenvalue weighted by Crippen LogP contribution is -2.41. The molecule has 0 atom stereocenters. The third-order valence-electron chi connectivity index (χ3n) is 2.64. The van der Waals surface area contributed by atoms with Crippen molar-refractivity contribution in [1.29, 1.82) is 0 Å². The van der Waals surface area contributed by atoms with Gasteiger partial charge in [0.2, 0.25) is 5.91 Å². The average Bonchev–Trinajstić information content (AvgIpc) is 2.38. The van der Waals surface area contributed by atoms with Crippen molar-refractivity contribution in [3.05, 3.63) is 35.1 Å². The molecule has 0 spiro atoms. The number of nitrogens with zero attached hydrogens (tertiary/aromatic N) is 1. The van der Waals surface area contributed by atoms with E-state index in [0.29, 0.717) is 0 Å². The Balaban J connectivity index is 2.67. The number of aryl methyl sites for hydroxylation is 1. The summed E-state index contributed by atoms with van der Waals surface area (Å²) in [4.78, 5) is 24.1. The number of hydrogen-bond donors (Lipinski definition) is 1. The third kappa shape index (κ3) is 5.05. The van der Waals surface area contributed by atoms with Crippen molar-refractivity contribution in [3.63, 3.8) is 0 Å². The molecule has 21 heavy (non-hydrogen) atoms. The summed E-state index contributed by atoms with van der Waals surface area (Å²) >= 11 is 0. The second-order valence-corrected chi connectivity index (χ2v) is 4.49. The Bertz CT molecular complexity index is 543. The molecule has 8 heteroatoms. The second kappa shape index (κ2) is 6.55. The number of halogens is 4. The van der Waals surface area contributed by atoms with Gasteiger partial charge >= 0.3 is 6.18 Å². The van der Waals surface area contributed by atoms with E-state index >= 15 is 0 Å². The molecule has 0 aliphatic carbocycles. The normalized spacial score (nSPS) is 11.1. The van der Waals surface area contributed by atoms with Crippen LogP contribution in [0.2, 0.25) is 0 Å². The largest absolute Gasteiger partial charge is 0.405 e. The standard InChI is InChI=1S/C13H14F4N2O2/c1-8-4-3-5-9(11(8)14)12(21)19(2)6-10(20)18-7-13(15,16)17/h3-5H,6-7H2,1-2H3,(H,18,20). The maximum Gasteiger partial charge on any atom is 0.405 e. The highest BCUT2D eigenvalue weighted by molar-refractivity contribution is 5.96. The summed E-state index contributed by atoms with van der Waals surface area (Å²) in [7, 11) is 1.21. The first-order valence-electron chi connectivity index (χ1n) is 5.96. The Morgan fingerprint density at radius 1 is 1.29 bits per heavy atom. The van der Waals surface area contributed by atoms with Gasteiger partial charge in [-0.1, -0.05) is 12.1 Å². The molecule has 1 N–H and O–H groups in total. The predicted octanol–water partition coefficient (Wildman–Crippen LogP) is 1.88. The molecule has 1 rings (SSSR count). The van der Waals surface area contributed by atoms with Crippen molar-refractivity contribution in [2.45, 2.75) is 13.1 Å². The van der Waals surface area contributed by atoms with E-state index in [0.717, 1.165) is 4.90 Å². The summed E-state index contributed by atoms with van der Waals surface area (Å²) in [5, 5.41) is 1.63. The minimum Gasteiger partial charge on any atom is -0.345 e. The molecule has 0 saturated heterocycles. The number of alkyl halides is 3. The summed E-state index contributed by atoms with van der Waals surface area (Å²) < 4.78 is 49.5. The number of carbonyl (C=O) groups excluding carboxylic acids is 2. The van der Waals surface area contributed by atoms with Crippen LogP contribution < -0.4 is 5.32 Å². The third-order valence-corrected chi connectivity index (χ3v) is 2.64. The lowest BCUT2D eigenvalue weighted by Gasteiger charge is -2.18. The number of nitrogens with one attached hydrogen (secondary N) is 1. The van der Waals surface area contributed by atoms with E-state index < -0.39 is 36.9 Å². The molecule has 0 heterocycles. The monoisotopic (exact) mass is 306 g/mol. The topological polar surface area (TPSA) is 49.4 Å². The number of benzene rings is 1. The van der Waals surface area contributed by atoms with Crippen molar-refractivity contribution in [3.8, 4) is 0 Å². The summed E-state index contributed by atoms with van der Waals surface area (Å²) in [6.45, 7) is -0.600. The molecule has 0 bridgehead atoms. The van der Waals surface area contributed by atoms with Crippen LogP contribution in [0.4, 0.5) is 17.6 Å². The lowest BCUT2D eigenvalue weighted by molar-refractivity contribution is -0.138. The molecule has 2 amide bonds. The number of carbonyl (C=O) groups is 2. The van der Waals surface area contributed by atoms with Crippen LogP contribution in [-0.4, -0.2) is 43.0 Å². The van der Waals surface area contributed by atoms with Gasteiger partial charge in [0.25, 0.3) is 5.91 Å². The van der Waals surface area contributed by atoms with Gasteiger partial charge in [0.15, 0.2) is 0 Å². The van der Waals surface area contributed by atoms with Gasteiger partial charge in [-0.25, -0.2) is 4.39 Å². The highest BCUT2D eigenvalue weighted by Crippen LogP contribution is 2.14. The van der Waals surface area contributed by atoms with Gasteiger partial charge in [-0.05, 0) is 18.6 Å². The maximum atomic E-state index is 13.8. The van der Waals surface area contributed by atoms with E-state index in [9.17, 15) is 27.2 Å². The molecule has 0 fully saturated rings. The minimum absolute atomic E-state index is 0.235. The first kappa shape index (κ1) is 16.9. The van der Waals surface area contributed by atoms with Crippen LogP contribution in [0.1, 0.15) is 15.9 Å². The van der Waals surface area contributed by atoms with Gasteiger partial charge in [-0.2, -0.15) is 13.2 Å². The molecule has 0 aliphatic rings. The van der Waals surface area contributed by atoms with Crippen molar-refractivity contribution in [1.82, 2.24) is 10.2 Å². The summed E-state index contributed by atoms with van der Waals surface area (Å²) in [5.74, 6) is -2.47. The maximum absolute atomic E-state index is 13.8. The second-order valence-electron chi connectivity index (χ2n) is 4.49. The first-order chi connectivity index (χ1) is 9.61. The molecular weight excluding hydrogens is 292 g/mol. The van der Waals surface area contributed by atoms with Crippen LogP contribution in [0, 0.1) is 12.7 Å². The zero-order chi connectivity index (χ0) is 16.2. The van der Waals surface area contributed by atoms with Crippen molar-refractivity contribution >= 4 is 11.8 Å². The first-order valence-corrected chi connectivity index (χ1v) is 5.96. The fourth-order valence-electron chi connectivity index (χ4n) is 1.56. The fourth-order valence-corrected chi connectivity index (χ4v) is 1.56. The van der Waals surface area contributed by atoms with E-state index in [1.807, 2.05) is 0 Å². The molecular formula is C13H14F4N2O2. The summed E-state index contributed by atoms with van der Waals surface area (Å²) in [6, 6.07) is 4.19. The predicted molar refractivity (Wildman–Crippen MR) is 67.2 cm³/mol. The van der Waals surface area contributed by atoms with Crippen LogP contribution in [0.3, 0.4) is 0 Å². The van der Waals surface area contributed by atoms with Gasteiger partial charge in [0.1, 0.15) is 12.4 Å². The highest BCUT2D eigenvalue weighted by atomic mass is 19.4. The van der Waals surface area contributed by atoms with E-state index in [2.05, 4.69) is 0 Å². The Hall–Kier alpha value is -2.12. The van der Waals surface area contributed by atoms with Gasteiger partial charge in [0, 0.05) is 7.05 Å². The molecule has 4 nitrogen and oxygen atoms in total. The molecule has 0 aliphatic heterocycles. The van der Waals surface area contributed by atoms with Crippen LogP contribution >= 0.6 is 0 Å². The van der Waals surface area contributed by atoms with E-state index in [1.165, 1.54) is 32.2 Å². The van der Waals surface area contributed by atoms with Crippen LogP contribution in [0.15, 0.2) is 18.2 Å². The van der Waals surface area contributed by atoms with Crippen LogP contribution in [0.25, 0.3) is 0 Å². The van der Waals surface area contributed by atoms with Crippen molar-refractivity contribution < 1.29 is 27.2 Å². The van der Waals surface area contributed by atoms with E-state index in [4.69, 9.17) is 0 Å². The molecule has 0 radical (unpaired) electrons. The number of amides is 2. The van der Waals surface area contributed by atoms with Crippen LogP contribution in [-0.2, 0) is 4.79 Å². The Labute approximate surface area is 118 Å². The highest BCUT2D eigenvalue weighted by Gasteiger charge is 2.28. The summed E-state index contributed by atoms with van der Waals surface area (Å²) in [6.07, 6.45) is -4.53. The van der Waals surface area contributed by atoms with Crippen LogP contribution in [0.5, 0.6) is 0 Å². The van der Waals surface area contributed by atoms with Gasteiger partial charge in [-0.3, -0.25) is 9.59 Å². The van der Waals surface area contributed by atoms with Crippen molar-refractivity contribution in [2.24, 2.45) is 0 Å². The minimum atomic E-state index is -4.53. The molecule has 0 aromatic heterocycles. The Morgan fingerprint density at radius 2 is 1.90 bits per heavy atom. The Morgan fingerprint density at radius 3 is 2.48 bits per heavy atom. The zero-order valence-electron chi connectivity index (χ0n) is 11.4. The number of rotatable bonds is 4. The van der Waals surface area contributed by atoms with Gasteiger partial charge in [0.05, 0.1) is 12.1 Å². The molecule has 0 saturated carbocycles. The summed E-state index contributed by atoms with van der Waals surface area (Å²) in [5.41, 5.74) is 0.0249. The average molecular weight is 306 g/mol. The van der Waals surface area contributed by atoms with Gasteiger partial charge < -0.3 is 10.2 Å². The van der Waals surface area contributed by atoms with Crippen molar-refractivity contribution in [2.75, 3.05) is 20.1 Å².